The smallest absolute Gasteiger partial charge is 0.135 e. The first-order valence-electron chi connectivity index (χ1n) is 16.6. The van der Waals surface area contributed by atoms with Crippen LogP contribution in [0.2, 0.25) is 0 Å². The minimum atomic E-state index is -0.693. The van der Waals surface area contributed by atoms with Crippen LogP contribution in [0.1, 0.15) is 85.8 Å². The van der Waals surface area contributed by atoms with Crippen molar-refractivity contribution in [3.05, 3.63) is 159 Å². The van der Waals surface area contributed by atoms with Gasteiger partial charge in [0.05, 0.1) is 5.92 Å². The topological polar surface area (TPSA) is 171 Å². The molecule has 0 unspecified atom stereocenters. The zero-order valence-corrected chi connectivity index (χ0v) is 26.8. The number of phenols is 8. The molecule has 9 heteroatoms. The molecule has 0 fully saturated rings. The Morgan fingerprint density at radius 2 is 0.863 bits per heavy atom. The average Bonchev–Trinajstić information content (AvgIpc) is 3.60. The first-order chi connectivity index (χ1) is 24.6. The van der Waals surface area contributed by atoms with Crippen molar-refractivity contribution >= 4 is 0 Å². The Morgan fingerprint density at radius 1 is 0.353 bits per heavy atom. The van der Waals surface area contributed by atoms with E-state index in [4.69, 9.17) is 4.74 Å². The fourth-order valence-corrected chi connectivity index (χ4v) is 9.08. The van der Waals surface area contributed by atoms with Gasteiger partial charge < -0.3 is 45.6 Å². The van der Waals surface area contributed by atoms with Crippen molar-refractivity contribution in [1.29, 1.82) is 0 Å². The molecule has 0 aromatic heterocycles. The Bertz CT molecular complexity index is 2330. The maximum Gasteiger partial charge on any atom is 0.135 e. The largest absolute Gasteiger partial charge is 0.508 e. The van der Waals surface area contributed by atoms with Crippen molar-refractivity contribution in [3.63, 3.8) is 0 Å². The van der Waals surface area contributed by atoms with Gasteiger partial charge in [0.2, 0.25) is 0 Å². The van der Waals surface area contributed by atoms with Gasteiger partial charge >= 0.3 is 0 Å². The fraction of sp³-hybridized carbons (Fsp3) is 0.143. The minimum absolute atomic E-state index is 0.0537. The van der Waals surface area contributed by atoms with Crippen molar-refractivity contribution in [1.82, 2.24) is 0 Å². The van der Waals surface area contributed by atoms with Crippen LogP contribution in [-0.2, 0) is 0 Å². The van der Waals surface area contributed by atoms with Gasteiger partial charge in [-0.15, -0.1) is 0 Å². The second-order valence-corrected chi connectivity index (χ2v) is 13.7. The molecule has 254 valence electrons. The van der Waals surface area contributed by atoms with E-state index in [0.29, 0.717) is 28.0 Å². The summed E-state index contributed by atoms with van der Waals surface area (Å²) < 4.78 is 6.70. The van der Waals surface area contributed by atoms with Crippen molar-refractivity contribution in [2.75, 3.05) is 0 Å². The van der Waals surface area contributed by atoms with Gasteiger partial charge in [0.25, 0.3) is 0 Å². The number of fused-ring (bicyclic) bond motifs is 2. The van der Waals surface area contributed by atoms with E-state index in [1.165, 1.54) is 12.1 Å². The molecule has 9 rings (SSSR count). The number of rotatable bonds is 4. The predicted octanol–water partition coefficient (Wildman–Crippen LogP) is 7.76. The summed E-state index contributed by atoms with van der Waals surface area (Å²) in [4.78, 5) is 0. The summed E-state index contributed by atoms with van der Waals surface area (Å²) in [6, 6.07) is 29.1. The molecule has 0 saturated heterocycles. The van der Waals surface area contributed by atoms with Crippen molar-refractivity contribution in [2.24, 2.45) is 0 Å². The van der Waals surface area contributed by atoms with Crippen molar-refractivity contribution in [2.45, 2.75) is 35.7 Å². The monoisotopic (exact) mass is 680 g/mol. The zero-order chi connectivity index (χ0) is 35.3. The molecule has 0 saturated carbocycles. The molecule has 6 atom stereocenters. The second-order valence-electron chi connectivity index (χ2n) is 13.7. The van der Waals surface area contributed by atoms with E-state index in [2.05, 4.69) is 0 Å². The van der Waals surface area contributed by atoms with E-state index in [9.17, 15) is 40.9 Å². The number of ether oxygens (including phenoxy) is 1. The normalized spacial score (nSPS) is 22.5. The van der Waals surface area contributed by atoms with Crippen LogP contribution in [0.3, 0.4) is 0 Å². The van der Waals surface area contributed by atoms with Crippen LogP contribution in [0.5, 0.6) is 51.7 Å². The first kappa shape index (κ1) is 30.6. The molecule has 51 heavy (non-hydrogen) atoms. The number of benzene rings is 6. The molecular formula is C42H32O9. The zero-order valence-electron chi connectivity index (χ0n) is 26.8. The van der Waals surface area contributed by atoms with Crippen LogP contribution in [0.4, 0.5) is 0 Å². The van der Waals surface area contributed by atoms with E-state index >= 15 is 0 Å². The van der Waals surface area contributed by atoms with Gasteiger partial charge in [-0.3, -0.25) is 0 Å². The number of hydrogen-bond donors (Lipinski definition) is 8. The molecule has 6 aromatic carbocycles. The lowest BCUT2D eigenvalue weighted by atomic mass is 9.69. The summed E-state index contributed by atoms with van der Waals surface area (Å²) in [5, 5.41) is 87.5. The maximum absolute atomic E-state index is 12.1. The highest BCUT2D eigenvalue weighted by Crippen LogP contribution is 2.70. The molecule has 0 spiro atoms. The molecule has 1 aliphatic heterocycles. The Kier molecular flexibility index (Phi) is 6.60. The third-order valence-corrected chi connectivity index (χ3v) is 10.9. The van der Waals surface area contributed by atoms with Crippen LogP contribution in [0.15, 0.2) is 109 Å². The highest BCUT2D eigenvalue weighted by atomic mass is 16.5. The van der Waals surface area contributed by atoms with E-state index in [1.54, 1.807) is 84.9 Å². The molecule has 9 nitrogen and oxygen atoms in total. The highest BCUT2D eigenvalue weighted by Gasteiger charge is 2.56. The van der Waals surface area contributed by atoms with E-state index < -0.39 is 35.7 Å². The van der Waals surface area contributed by atoms with Crippen LogP contribution in [0, 0.1) is 0 Å². The van der Waals surface area contributed by atoms with Crippen LogP contribution >= 0.6 is 0 Å². The van der Waals surface area contributed by atoms with Crippen LogP contribution in [-0.4, -0.2) is 40.9 Å². The van der Waals surface area contributed by atoms with Gasteiger partial charge in [-0.1, -0.05) is 36.4 Å². The molecule has 0 radical (unpaired) electrons. The summed E-state index contributed by atoms with van der Waals surface area (Å²) in [7, 11) is 0. The van der Waals surface area contributed by atoms with Crippen LogP contribution < -0.4 is 4.74 Å². The lowest BCUT2D eigenvalue weighted by Crippen LogP contribution is -2.20. The molecule has 6 aromatic rings. The first-order valence-corrected chi connectivity index (χ1v) is 16.6. The van der Waals surface area contributed by atoms with Gasteiger partial charge in [-0.05, 0) is 88.0 Å². The fourth-order valence-electron chi connectivity index (χ4n) is 9.08. The van der Waals surface area contributed by atoms with Gasteiger partial charge in [0.1, 0.15) is 57.8 Å². The van der Waals surface area contributed by atoms with E-state index in [0.717, 1.165) is 27.8 Å². The van der Waals surface area contributed by atoms with Gasteiger partial charge in [0.15, 0.2) is 0 Å². The Morgan fingerprint density at radius 3 is 1.47 bits per heavy atom. The van der Waals surface area contributed by atoms with E-state index in [1.807, 2.05) is 12.1 Å². The lowest BCUT2D eigenvalue weighted by molar-refractivity contribution is 0.221. The second kappa shape index (κ2) is 11.0. The molecule has 3 aliphatic rings. The van der Waals surface area contributed by atoms with Gasteiger partial charge in [-0.2, -0.15) is 0 Å². The number of hydrogen-bond acceptors (Lipinski definition) is 9. The van der Waals surface area contributed by atoms with Crippen LogP contribution in [0.25, 0.3) is 0 Å². The quantitative estimate of drug-likeness (QED) is 0.0927. The van der Waals surface area contributed by atoms with Crippen molar-refractivity contribution in [3.8, 4) is 51.7 Å². The average molecular weight is 681 g/mol. The van der Waals surface area contributed by atoms with Crippen molar-refractivity contribution < 1.29 is 45.6 Å². The number of aromatic hydroxyl groups is 8. The molecule has 0 bridgehead atoms. The standard InChI is InChI=1S/C42H32O9/c43-23-7-1-19(2-8-23)33-35(22-13-26(46)15-27(47)14-22)38-31(50)18-32-39-37(42(51-32)21-5-11-25(45)12-6-21)29-16-28(48)17-30(49)36(29)34(40(33)41(38)39)20-3-9-24(44)10-4-20/h1-18,33-35,37,40,42-50H/t33-,34+,35-,37+,40+,42-/m0/s1. The molecule has 0 amide bonds. The Balaban J connectivity index is 1.44. The molecular weight excluding hydrogens is 648 g/mol. The van der Waals surface area contributed by atoms with Gasteiger partial charge in [0, 0.05) is 58.6 Å². The summed E-state index contributed by atoms with van der Waals surface area (Å²) in [5.74, 6) is -3.02. The summed E-state index contributed by atoms with van der Waals surface area (Å²) in [5.41, 5.74) is 6.00. The Hall–Kier alpha value is -6.48. The Labute approximate surface area is 291 Å². The SMILES string of the molecule is Oc1ccc([C@@H]2c3c(O)cc(O)cc3[C@@H]3c4c(cc(O)c5c4[C@@H]2[C@@H](c2ccc(O)cc2)[C@@H]5c2cc(O)cc(O)c2)O[C@H]3c2ccc(O)cc2)cc1. The predicted molar refractivity (Wildman–Crippen MR) is 186 cm³/mol. The minimum Gasteiger partial charge on any atom is -0.508 e. The number of phenolic OH excluding ortho intramolecular Hbond substituents is 8. The summed E-state index contributed by atoms with van der Waals surface area (Å²) in [6.07, 6.45) is -0.693. The summed E-state index contributed by atoms with van der Waals surface area (Å²) in [6.45, 7) is 0. The maximum atomic E-state index is 12.1. The highest BCUT2D eigenvalue weighted by molar-refractivity contribution is 5.72. The van der Waals surface area contributed by atoms with E-state index in [-0.39, 0.29) is 46.0 Å². The lowest BCUT2D eigenvalue weighted by Gasteiger charge is -2.34. The third-order valence-electron chi connectivity index (χ3n) is 10.9. The molecule has 8 N–H and O–H groups in total. The molecule has 1 heterocycles. The van der Waals surface area contributed by atoms with Gasteiger partial charge in [-0.25, -0.2) is 0 Å². The molecule has 2 aliphatic carbocycles. The summed E-state index contributed by atoms with van der Waals surface area (Å²) >= 11 is 0. The third kappa shape index (κ3) is 4.61.